The minimum absolute atomic E-state index is 0.137. The lowest BCUT2D eigenvalue weighted by atomic mass is 9.88. The molecular formula is C16H18F3NO4. The maximum absolute atomic E-state index is 13.3. The zero-order chi connectivity index (χ0) is 18.3. The number of hydrogen-bond acceptors (Lipinski definition) is 4. The van der Waals surface area contributed by atoms with Crippen LogP contribution in [-0.2, 0) is 20.5 Å². The molecule has 1 aliphatic heterocycles. The van der Waals surface area contributed by atoms with Crippen molar-refractivity contribution < 1.29 is 32.6 Å². The number of carbonyl (C=O) groups excluding carboxylic acids is 1. The van der Waals surface area contributed by atoms with E-state index in [1.54, 1.807) is 0 Å². The number of benzene rings is 1. The summed E-state index contributed by atoms with van der Waals surface area (Å²) in [6, 6.07) is 3.74. The number of ether oxygens (including phenoxy) is 1. The number of hydrogen-bond donors (Lipinski definition) is 1. The highest BCUT2D eigenvalue weighted by Gasteiger charge is 2.56. The third-order valence-electron chi connectivity index (χ3n) is 4.72. The van der Waals surface area contributed by atoms with Crippen molar-refractivity contribution >= 4 is 11.9 Å². The Bertz CT molecular complexity index is 661. The second-order valence-corrected chi connectivity index (χ2v) is 6.06. The van der Waals surface area contributed by atoms with E-state index in [2.05, 4.69) is 0 Å². The van der Waals surface area contributed by atoms with Crippen LogP contribution in [0.3, 0.4) is 0 Å². The van der Waals surface area contributed by atoms with Crippen LogP contribution in [0.25, 0.3) is 0 Å². The fourth-order valence-electron chi connectivity index (χ4n) is 3.37. The van der Waals surface area contributed by atoms with Gasteiger partial charge in [-0.1, -0.05) is 18.2 Å². The first-order valence-corrected chi connectivity index (χ1v) is 7.24. The molecule has 24 heavy (non-hydrogen) atoms. The molecule has 0 aromatic heterocycles. The van der Waals surface area contributed by atoms with Crippen LogP contribution in [0.15, 0.2) is 24.3 Å². The number of carboxylic acid groups (broad SMARTS) is 1. The van der Waals surface area contributed by atoms with Crippen LogP contribution in [0.2, 0.25) is 0 Å². The van der Waals surface area contributed by atoms with Crippen molar-refractivity contribution in [3.63, 3.8) is 0 Å². The highest BCUT2D eigenvalue weighted by atomic mass is 19.4. The standard InChI is InChI=1S/C16H18F3NO4/c1-15(14(23)24-3)8-10(13(21)22)12(20(15)2)9-6-4-5-7-11(9)16(17,18)19/h4-7,10,12H,8H2,1-3H3,(H,21,22)/t10-,12+,15+/m1/s1. The number of esters is 1. The minimum Gasteiger partial charge on any atom is -0.481 e. The fraction of sp³-hybridized carbons (Fsp3) is 0.500. The molecule has 0 saturated carbocycles. The molecule has 1 aromatic carbocycles. The summed E-state index contributed by atoms with van der Waals surface area (Å²) in [5.74, 6) is -3.10. The third-order valence-corrected chi connectivity index (χ3v) is 4.72. The first kappa shape index (κ1) is 18.3. The molecule has 1 aliphatic rings. The number of methoxy groups -OCH3 is 1. The lowest BCUT2D eigenvalue weighted by molar-refractivity contribution is -0.152. The Hall–Kier alpha value is -2.09. The van der Waals surface area contributed by atoms with Crippen molar-refractivity contribution in [3.8, 4) is 0 Å². The van der Waals surface area contributed by atoms with Gasteiger partial charge in [0.2, 0.25) is 0 Å². The molecule has 1 saturated heterocycles. The highest BCUT2D eigenvalue weighted by Crippen LogP contribution is 2.49. The molecule has 0 amide bonds. The Labute approximate surface area is 137 Å². The van der Waals surface area contributed by atoms with E-state index < -0.39 is 41.2 Å². The molecule has 3 atom stereocenters. The monoisotopic (exact) mass is 345 g/mol. The van der Waals surface area contributed by atoms with Crippen LogP contribution in [-0.4, -0.2) is 41.6 Å². The highest BCUT2D eigenvalue weighted by molar-refractivity contribution is 5.83. The number of nitrogens with zero attached hydrogens (tertiary/aromatic N) is 1. The number of likely N-dealkylation sites (tertiary alicyclic amines) is 1. The Morgan fingerprint density at radius 1 is 1.33 bits per heavy atom. The summed E-state index contributed by atoms with van der Waals surface area (Å²) in [4.78, 5) is 25.1. The molecule has 132 valence electrons. The van der Waals surface area contributed by atoms with Gasteiger partial charge in [0.05, 0.1) is 18.6 Å². The van der Waals surface area contributed by atoms with E-state index in [-0.39, 0.29) is 12.0 Å². The van der Waals surface area contributed by atoms with Crippen molar-refractivity contribution in [3.05, 3.63) is 35.4 Å². The van der Waals surface area contributed by atoms with Crippen LogP contribution >= 0.6 is 0 Å². The van der Waals surface area contributed by atoms with Gasteiger partial charge in [-0.15, -0.1) is 0 Å². The van der Waals surface area contributed by atoms with Gasteiger partial charge >= 0.3 is 18.1 Å². The molecule has 0 spiro atoms. The van der Waals surface area contributed by atoms with Crippen LogP contribution in [0.1, 0.15) is 30.5 Å². The Morgan fingerprint density at radius 3 is 2.42 bits per heavy atom. The Morgan fingerprint density at radius 2 is 1.92 bits per heavy atom. The second kappa shape index (κ2) is 6.08. The van der Waals surface area contributed by atoms with Crippen molar-refractivity contribution in [2.45, 2.75) is 31.1 Å². The van der Waals surface area contributed by atoms with Crippen LogP contribution in [0.5, 0.6) is 0 Å². The molecule has 5 nitrogen and oxygen atoms in total. The number of aliphatic carboxylic acids is 1. The molecule has 8 heteroatoms. The van der Waals surface area contributed by atoms with E-state index in [0.29, 0.717) is 0 Å². The van der Waals surface area contributed by atoms with Gasteiger partial charge in [-0.25, -0.2) is 0 Å². The van der Waals surface area contributed by atoms with E-state index in [4.69, 9.17) is 4.74 Å². The first-order chi connectivity index (χ1) is 11.0. The van der Waals surface area contributed by atoms with E-state index in [1.165, 1.54) is 37.1 Å². The van der Waals surface area contributed by atoms with E-state index in [9.17, 15) is 27.9 Å². The number of carboxylic acids is 1. The summed E-state index contributed by atoms with van der Waals surface area (Å²) in [5.41, 5.74) is -2.38. The average Bonchev–Trinajstić information content (AvgIpc) is 2.79. The van der Waals surface area contributed by atoms with Gasteiger partial charge < -0.3 is 9.84 Å². The zero-order valence-electron chi connectivity index (χ0n) is 13.4. The van der Waals surface area contributed by atoms with Gasteiger partial charge in [0.15, 0.2) is 0 Å². The number of halogens is 3. The lowest BCUT2D eigenvalue weighted by Crippen LogP contribution is -2.47. The van der Waals surface area contributed by atoms with E-state index in [0.717, 1.165) is 13.2 Å². The number of carbonyl (C=O) groups is 2. The zero-order valence-corrected chi connectivity index (χ0v) is 13.4. The van der Waals surface area contributed by atoms with Crippen molar-refractivity contribution in [2.24, 2.45) is 5.92 Å². The predicted molar refractivity (Wildman–Crippen MR) is 78.1 cm³/mol. The van der Waals surface area contributed by atoms with Gasteiger partial charge in [0.1, 0.15) is 5.54 Å². The fourth-order valence-corrected chi connectivity index (χ4v) is 3.37. The van der Waals surface area contributed by atoms with Crippen molar-refractivity contribution in [2.75, 3.05) is 14.2 Å². The van der Waals surface area contributed by atoms with Gasteiger partial charge in [-0.3, -0.25) is 14.5 Å². The maximum Gasteiger partial charge on any atom is 0.416 e. The maximum atomic E-state index is 13.3. The SMILES string of the molecule is COC(=O)[C@]1(C)C[C@@H](C(=O)O)[C@H](c2ccccc2C(F)(F)F)N1C. The van der Waals surface area contributed by atoms with Gasteiger partial charge in [-0.2, -0.15) is 13.2 Å². The van der Waals surface area contributed by atoms with Crippen LogP contribution in [0.4, 0.5) is 13.2 Å². The molecule has 0 radical (unpaired) electrons. The summed E-state index contributed by atoms with van der Waals surface area (Å²) in [6.07, 6.45) is -4.76. The largest absolute Gasteiger partial charge is 0.481 e. The molecular weight excluding hydrogens is 327 g/mol. The molecule has 1 fully saturated rings. The smallest absolute Gasteiger partial charge is 0.416 e. The quantitative estimate of drug-likeness (QED) is 0.853. The third kappa shape index (κ3) is 2.86. The van der Waals surface area contributed by atoms with Gasteiger partial charge in [-0.05, 0) is 32.0 Å². The first-order valence-electron chi connectivity index (χ1n) is 7.24. The number of likely N-dealkylation sites (N-methyl/N-ethyl adjacent to an activating group) is 1. The molecule has 0 bridgehead atoms. The second-order valence-electron chi connectivity index (χ2n) is 6.06. The normalized spacial score (nSPS) is 27.9. The molecule has 0 aliphatic carbocycles. The molecule has 2 rings (SSSR count). The summed E-state index contributed by atoms with van der Waals surface area (Å²) >= 11 is 0. The van der Waals surface area contributed by atoms with E-state index in [1.807, 2.05) is 0 Å². The average molecular weight is 345 g/mol. The van der Waals surface area contributed by atoms with Gasteiger partial charge in [0, 0.05) is 6.04 Å². The minimum atomic E-state index is -4.62. The van der Waals surface area contributed by atoms with Crippen LogP contribution < -0.4 is 0 Å². The summed E-state index contributed by atoms with van der Waals surface area (Å²) in [7, 11) is 2.60. The topological polar surface area (TPSA) is 66.8 Å². The van der Waals surface area contributed by atoms with E-state index >= 15 is 0 Å². The molecule has 0 unspecified atom stereocenters. The van der Waals surface area contributed by atoms with Gasteiger partial charge in [0.25, 0.3) is 0 Å². The summed E-state index contributed by atoms with van der Waals surface area (Å²) < 4.78 is 44.7. The summed E-state index contributed by atoms with van der Waals surface area (Å²) in [5, 5.41) is 9.48. The Kier molecular flexibility index (Phi) is 4.63. The predicted octanol–water partition coefficient (Wildman–Crippen LogP) is 2.71. The summed E-state index contributed by atoms with van der Waals surface area (Å²) in [6.45, 7) is 1.48. The molecule has 1 N–H and O–H groups in total. The number of alkyl halides is 3. The van der Waals surface area contributed by atoms with Crippen molar-refractivity contribution in [1.82, 2.24) is 4.90 Å². The molecule has 1 aromatic rings. The Balaban J connectivity index is 2.60. The van der Waals surface area contributed by atoms with Crippen LogP contribution in [0, 0.1) is 5.92 Å². The number of rotatable bonds is 3. The lowest BCUT2D eigenvalue weighted by Gasteiger charge is -2.33. The van der Waals surface area contributed by atoms with Crippen molar-refractivity contribution in [1.29, 1.82) is 0 Å². The molecule has 1 heterocycles.